The first-order valence-electron chi connectivity index (χ1n) is 9.26. The standard InChI is InChI=1S/C20H17N5O4S/c1-28-13-6-4-5-12(9-13)24-17(26)15-7-2-3-8-16(15)25-18(24)22-23-19(25)30-11-14-10-21-20(27)29-14/h2-9,14H,10-11H2,1H3,(H,21,27). The molecule has 2 aromatic carbocycles. The van der Waals surface area contributed by atoms with Gasteiger partial charge in [0.05, 0.1) is 30.2 Å². The molecule has 1 unspecified atom stereocenters. The number of hydrogen-bond acceptors (Lipinski definition) is 7. The molecule has 0 bridgehead atoms. The van der Waals surface area contributed by atoms with Crippen molar-refractivity contribution in [1.29, 1.82) is 0 Å². The molecule has 0 aliphatic carbocycles. The normalized spacial score (nSPS) is 16.0. The number of thioether (sulfide) groups is 1. The van der Waals surface area contributed by atoms with Crippen LogP contribution in [0.5, 0.6) is 5.75 Å². The van der Waals surface area contributed by atoms with E-state index in [2.05, 4.69) is 15.5 Å². The summed E-state index contributed by atoms with van der Waals surface area (Å²) in [6.45, 7) is 0.456. The highest BCUT2D eigenvalue weighted by Crippen LogP contribution is 2.25. The number of amides is 1. The van der Waals surface area contributed by atoms with Crippen molar-refractivity contribution in [3.8, 4) is 11.4 Å². The molecule has 4 aromatic rings. The summed E-state index contributed by atoms with van der Waals surface area (Å²) in [5.74, 6) is 1.55. The predicted octanol–water partition coefficient (Wildman–Crippen LogP) is 2.24. The Morgan fingerprint density at radius 1 is 1.20 bits per heavy atom. The first-order valence-corrected chi connectivity index (χ1v) is 10.2. The van der Waals surface area contributed by atoms with Gasteiger partial charge in [0.1, 0.15) is 11.9 Å². The van der Waals surface area contributed by atoms with Gasteiger partial charge in [0.15, 0.2) is 5.16 Å². The lowest BCUT2D eigenvalue weighted by molar-refractivity contribution is 0.150. The van der Waals surface area contributed by atoms with Crippen molar-refractivity contribution in [2.45, 2.75) is 11.3 Å². The molecule has 1 fully saturated rings. The highest BCUT2D eigenvalue weighted by atomic mass is 32.2. The number of cyclic esters (lactones) is 1. The van der Waals surface area contributed by atoms with Gasteiger partial charge in [0.2, 0.25) is 5.78 Å². The third-order valence-electron chi connectivity index (χ3n) is 4.85. The maximum absolute atomic E-state index is 13.3. The van der Waals surface area contributed by atoms with Crippen LogP contribution in [0.2, 0.25) is 0 Å². The van der Waals surface area contributed by atoms with E-state index in [9.17, 15) is 9.59 Å². The Morgan fingerprint density at radius 3 is 2.87 bits per heavy atom. The molecule has 1 aliphatic rings. The van der Waals surface area contributed by atoms with Crippen LogP contribution in [0.15, 0.2) is 58.5 Å². The van der Waals surface area contributed by atoms with Crippen molar-refractivity contribution in [2.75, 3.05) is 19.4 Å². The second kappa shape index (κ2) is 7.38. The lowest BCUT2D eigenvalue weighted by Crippen LogP contribution is -2.22. The van der Waals surface area contributed by atoms with E-state index >= 15 is 0 Å². The third-order valence-corrected chi connectivity index (χ3v) is 5.91. The van der Waals surface area contributed by atoms with Crippen LogP contribution in [0.25, 0.3) is 22.4 Å². The number of carbonyl (C=O) groups excluding carboxylic acids is 1. The van der Waals surface area contributed by atoms with E-state index in [1.54, 1.807) is 19.2 Å². The number of ether oxygens (including phenoxy) is 2. The van der Waals surface area contributed by atoms with Crippen LogP contribution >= 0.6 is 11.8 Å². The molecule has 30 heavy (non-hydrogen) atoms. The van der Waals surface area contributed by atoms with Crippen molar-refractivity contribution in [3.63, 3.8) is 0 Å². The summed E-state index contributed by atoms with van der Waals surface area (Å²) in [6, 6.07) is 14.6. The number of para-hydroxylation sites is 1. The summed E-state index contributed by atoms with van der Waals surface area (Å²) in [6.07, 6.45) is -0.658. The summed E-state index contributed by atoms with van der Waals surface area (Å²) in [4.78, 5) is 24.6. The highest BCUT2D eigenvalue weighted by molar-refractivity contribution is 7.99. The molecule has 5 rings (SSSR count). The largest absolute Gasteiger partial charge is 0.497 e. The molecule has 2 aromatic heterocycles. The molecule has 0 saturated carbocycles. The molecule has 10 heteroatoms. The number of nitrogens with one attached hydrogen (secondary N) is 1. The van der Waals surface area contributed by atoms with Gasteiger partial charge < -0.3 is 14.8 Å². The Bertz CT molecular complexity index is 1330. The molecular formula is C20H17N5O4S. The van der Waals surface area contributed by atoms with E-state index in [1.807, 2.05) is 40.8 Å². The van der Waals surface area contributed by atoms with E-state index in [4.69, 9.17) is 9.47 Å². The first-order chi connectivity index (χ1) is 14.7. The summed E-state index contributed by atoms with van der Waals surface area (Å²) in [7, 11) is 1.58. The first kappa shape index (κ1) is 18.5. The third kappa shape index (κ3) is 3.05. The lowest BCUT2D eigenvalue weighted by Gasteiger charge is -2.12. The van der Waals surface area contributed by atoms with E-state index in [1.165, 1.54) is 16.3 Å². The summed E-state index contributed by atoms with van der Waals surface area (Å²) >= 11 is 1.42. The zero-order valence-electron chi connectivity index (χ0n) is 15.9. The highest BCUT2D eigenvalue weighted by Gasteiger charge is 2.24. The van der Waals surface area contributed by atoms with Crippen molar-refractivity contribution in [1.82, 2.24) is 24.5 Å². The number of rotatable bonds is 5. The minimum absolute atomic E-state index is 0.191. The van der Waals surface area contributed by atoms with Crippen molar-refractivity contribution >= 4 is 34.5 Å². The van der Waals surface area contributed by atoms with E-state index in [0.717, 1.165) is 0 Å². The fourth-order valence-electron chi connectivity index (χ4n) is 3.45. The topological polar surface area (TPSA) is 99.8 Å². The Labute approximate surface area is 174 Å². The van der Waals surface area contributed by atoms with Crippen LogP contribution < -0.4 is 15.6 Å². The van der Waals surface area contributed by atoms with Gasteiger partial charge in [-0.2, -0.15) is 0 Å². The van der Waals surface area contributed by atoms with E-state index < -0.39 is 6.09 Å². The van der Waals surface area contributed by atoms with Crippen LogP contribution in [0.4, 0.5) is 4.79 Å². The average Bonchev–Trinajstić information content (AvgIpc) is 3.38. The van der Waals surface area contributed by atoms with Crippen molar-refractivity contribution in [2.24, 2.45) is 0 Å². The number of methoxy groups -OCH3 is 1. The van der Waals surface area contributed by atoms with Crippen LogP contribution in [0.1, 0.15) is 0 Å². The number of nitrogens with zero attached hydrogens (tertiary/aromatic N) is 4. The summed E-state index contributed by atoms with van der Waals surface area (Å²) in [5, 5.41) is 12.4. The van der Waals surface area contributed by atoms with Gasteiger partial charge in [0.25, 0.3) is 5.56 Å². The molecule has 1 amide bonds. The smallest absolute Gasteiger partial charge is 0.407 e. The molecule has 152 valence electrons. The maximum Gasteiger partial charge on any atom is 0.407 e. The molecule has 1 aliphatic heterocycles. The van der Waals surface area contributed by atoms with Gasteiger partial charge in [-0.15, -0.1) is 10.2 Å². The van der Waals surface area contributed by atoms with Gasteiger partial charge in [0, 0.05) is 11.8 Å². The van der Waals surface area contributed by atoms with E-state index in [0.29, 0.717) is 45.6 Å². The SMILES string of the molecule is COc1cccc(-n2c(=O)c3ccccc3n3c(SCC4CNC(=O)O4)nnc23)c1. The number of hydrogen-bond donors (Lipinski definition) is 1. The molecule has 1 saturated heterocycles. The van der Waals surface area contributed by atoms with Crippen molar-refractivity contribution in [3.05, 3.63) is 58.9 Å². The molecule has 3 heterocycles. The molecular weight excluding hydrogens is 406 g/mol. The maximum atomic E-state index is 13.3. The molecule has 1 N–H and O–H groups in total. The monoisotopic (exact) mass is 423 g/mol. The second-order valence-corrected chi connectivity index (χ2v) is 7.68. The Kier molecular flexibility index (Phi) is 4.55. The zero-order valence-corrected chi connectivity index (χ0v) is 16.8. The predicted molar refractivity (Wildman–Crippen MR) is 112 cm³/mol. The van der Waals surface area contributed by atoms with Gasteiger partial charge in [-0.3, -0.25) is 9.20 Å². The second-order valence-electron chi connectivity index (χ2n) is 6.70. The van der Waals surface area contributed by atoms with Crippen molar-refractivity contribution < 1.29 is 14.3 Å². The lowest BCUT2D eigenvalue weighted by atomic mass is 10.2. The van der Waals surface area contributed by atoms with E-state index in [-0.39, 0.29) is 11.7 Å². The average molecular weight is 423 g/mol. The summed E-state index contributed by atoms with van der Waals surface area (Å²) < 4.78 is 13.9. The van der Waals surface area contributed by atoms with Gasteiger partial charge in [-0.25, -0.2) is 9.36 Å². The fourth-order valence-corrected chi connectivity index (χ4v) is 4.38. The molecule has 0 radical (unpaired) electrons. The van der Waals surface area contributed by atoms with Crippen LogP contribution in [0, 0.1) is 0 Å². The fraction of sp³-hybridized carbons (Fsp3) is 0.200. The number of benzene rings is 2. The summed E-state index contributed by atoms with van der Waals surface area (Å²) in [5.41, 5.74) is 1.16. The van der Waals surface area contributed by atoms with Gasteiger partial charge >= 0.3 is 6.09 Å². The van der Waals surface area contributed by atoms with Crippen LogP contribution in [-0.4, -0.2) is 50.8 Å². The zero-order chi connectivity index (χ0) is 20.7. The van der Waals surface area contributed by atoms with Crippen LogP contribution in [0.3, 0.4) is 0 Å². The number of carbonyl (C=O) groups is 1. The van der Waals surface area contributed by atoms with Gasteiger partial charge in [-0.05, 0) is 24.3 Å². The van der Waals surface area contributed by atoms with Crippen LogP contribution in [-0.2, 0) is 4.74 Å². The Balaban J connectivity index is 1.68. The number of aromatic nitrogens is 4. The molecule has 9 nitrogen and oxygen atoms in total. The number of alkyl carbamates (subject to hydrolysis) is 1. The number of fused-ring (bicyclic) bond motifs is 3. The molecule has 0 spiro atoms. The Morgan fingerprint density at radius 2 is 2.07 bits per heavy atom. The Hall–Kier alpha value is -3.53. The van der Waals surface area contributed by atoms with Gasteiger partial charge in [-0.1, -0.05) is 30.0 Å². The molecule has 1 atom stereocenters. The minimum Gasteiger partial charge on any atom is -0.497 e. The minimum atomic E-state index is -0.413. The quantitative estimate of drug-likeness (QED) is 0.492.